The number of piperidine rings is 1. The van der Waals surface area contributed by atoms with E-state index in [0.29, 0.717) is 38.0 Å². The van der Waals surface area contributed by atoms with Gasteiger partial charge in [0.2, 0.25) is 5.91 Å². The van der Waals surface area contributed by atoms with Crippen molar-refractivity contribution < 1.29 is 9.59 Å². The molecule has 0 unspecified atom stereocenters. The van der Waals surface area contributed by atoms with Crippen LogP contribution in [0.15, 0.2) is 67.4 Å². The lowest BCUT2D eigenvalue weighted by molar-refractivity contribution is -0.133. The molecule has 0 saturated carbocycles. The van der Waals surface area contributed by atoms with Crippen LogP contribution in [0.3, 0.4) is 0 Å². The molecule has 0 atom stereocenters. The predicted octanol–water partition coefficient (Wildman–Crippen LogP) is 2.75. The van der Waals surface area contributed by atoms with Crippen LogP contribution < -0.4 is 5.32 Å². The fraction of sp³-hybridized carbons (Fsp3) is 0.292. The van der Waals surface area contributed by atoms with Crippen LogP contribution in [0.2, 0.25) is 0 Å². The van der Waals surface area contributed by atoms with E-state index in [0.717, 1.165) is 16.7 Å². The first-order chi connectivity index (χ1) is 15.1. The van der Waals surface area contributed by atoms with E-state index < -0.39 is 5.41 Å². The zero-order chi connectivity index (χ0) is 21.7. The normalized spacial score (nSPS) is 15.3. The van der Waals surface area contributed by atoms with Crippen LogP contribution in [0, 0.1) is 5.41 Å². The number of aromatic nitrogens is 3. The van der Waals surface area contributed by atoms with Gasteiger partial charge in [0.1, 0.15) is 5.69 Å². The Balaban J connectivity index is 1.58. The minimum atomic E-state index is -0.572. The SMILES string of the molecule is CNC(=O)C1(Cc2ccccc2-c2ccncc2)CCN(C(=O)c2cnccn2)CC1. The molecule has 0 spiro atoms. The molecule has 2 amide bonds. The third-order valence-corrected chi connectivity index (χ3v) is 6.04. The smallest absolute Gasteiger partial charge is 0.274 e. The maximum atomic E-state index is 13.0. The Morgan fingerprint density at radius 2 is 1.74 bits per heavy atom. The highest BCUT2D eigenvalue weighted by molar-refractivity contribution is 5.92. The van der Waals surface area contributed by atoms with Crippen molar-refractivity contribution in [3.05, 3.63) is 78.6 Å². The molecule has 2 aromatic heterocycles. The molecule has 3 aromatic rings. The number of hydrogen-bond donors (Lipinski definition) is 1. The molecule has 0 aliphatic carbocycles. The van der Waals surface area contributed by atoms with Crippen LogP contribution in [0.25, 0.3) is 11.1 Å². The second-order valence-electron chi connectivity index (χ2n) is 7.81. The van der Waals surface area contributed by atoms with Crippen LogP contribution in [-0.4, -0.2) is 51.8 Å². The predicted molar refractivity (Wildman–Crippen MR) is 117 cm³/mol. The molecule has 1 aliphatic heterocycles. The van der Waals surface area contributed by atoms with Crippen molar-refractivity contribution in [1.29, 1.82) is 0 Å². The highest BCUT2D eigenvalue weighted by Crippen LogP contribution is 2.38. The van der Waals surface area contributed by atoms with E-state index in [9.17, 15) is 9.59 Å². The van der Waals surface area contributed by atoms with E-state index in [2.05, 4.69) is 32.4 Å². The first-order valence-electron chi connectivity index (χ1n) is 10.4. The van der Waals surface area contributed by atoms with Crippen LogP contribution in [0.1, 0.15) is 28.9 Å². The molecule has 158 valence electrons. The van der Waals surface area contributed by atoms with Gasteiger partial charge in [-0.15, -0.1) is 0 Å². The van der Waals surface area contributed by atoms with Crippen molar-refractivity contribution >= 4 is 11.8 Å². The molecule has 1 fully saturated rings. The molecule has 7 heteroatoms. The summed E-state index contributed by atoms with van der Waals surface area (Å²) in [5.74, 6) is -0.126. The van der Waals surface area contributed by atoms with E-state index in [1.54, 1.807) is 30.5 Å². The van der Waals surface area contributed by atoms with Gasteiger partial charge >= 0.3 is 0 Å². The number of pyridine rings is 1. The average Bonchev–Trinajstić information content (AvgIpc) is 2.85. The molecule has 31 heavy (non-hydrogen) atoms. The zero-order valence-corrected chi connectivity index (χ0v) is 17.5. The first kappa shape index (κ1) is 20.7. The Hall–Kier alpha value is -3.61. The van der Waals surface area contributed by atoms with Crippen molar-refractivity contribution in [2.24, 2.45) is 5.41 Å². The van der Waals surface area contributed by atoms with Crippen molar-refractivity contribution in [2.45, 2.75) is 19.3 Å². The van der Waals surface area contributed by atoms with Gasteiger partial charge in [-0.05, 0) is 48.1 Å². The summed E-state index contributed by atoms with van der Waals surface area (Å²) in [6, 6.07) is 12.1. The largest absolute Gasteiger partial charge is 0.359 e. The number of likely N-dealkylation sites (tertiary alicyclic amines) is 1. The van der Waals surface area contributed by atoms with E-state index >= 15 is 0 Å². The Labute approximate surface area is 181 Å². The van der Waals surface area contributed by atoms with Crippen LogP contribution in [0.4, 0.5) is 0 Å². The van der Waals surface area contributed by atoms with E-state index in [1.807, 2.05) is 24.3 Å². The van der Waals surface area contributed by atoms with Crippen molar-refractivity contribution in [3.63, 3.8) is 0 Å². The van der Waals surface area contributed by atoms with Crippen molar-refractivity contribution in [1.82, 2.24) is 25.2 Å². The fourth-order valence-electron chi connectivity index (χ4n) is 4.31. The van der Waals surface area contributed by atoms with Gasteiger partial charge in [-0.3, -0.25) is 19.6 Å². The van der Waals surface area contributed by atoms with E-state index in [4.69, 9.17) is 0 Å². The third kappa shape index (κ3) is 4.30. The van der Waals surface area contributed by atoms with Gasteiger partial charge in [0.05, 0.1) is 11.6 Å². The van der Waals surface area contributed by atoms with Crippen molar-refractivity contribution in [3.8, 4) is 11.1 Å². The molecular formula is C24H25N5O2. The lowest BCUT2D eigenvalue weighted by Gasteiger charge is -2.40. The highest BCUT2D eigenvalue weighted by atomic mass is 16.2. The molecule has 0 bridgehead atoms. The molecule has 4 rings (SSSR count). The molecule has 1 N–H and O–H groups in total. The summed E-state index contributed by atoms with van der Waals surface area (Å²) in [7, 11) is 1.68. The second-order valence-corrected chi connectivity index (χ2v) is 7.81. The topological polar surface area (TPSA) is 88.1 Å². The van der Waals surface area contributed by atoms with Gasteiger partial charge in [-0.2, -0.15) is 0 Å². The van der Waals surface area contributed by atoms with Crippen LogP contribution >= 0.6 is 0 Å². The quantitative estimate of drug-likeness (QED) is 0.692. The zero-order valence-electron chi connectivity index (χ0n) is 17.5. The van der Waals surface area contributed by atoms with Gasteiger partial charge in [0.25, 0.3) is 5.91 Å². The number of nitrogens with zero attached hydrogens (tertiary/aromatic N) is 4. The van der Waals surface area contributed by atoms with Gasteiger partial charge in [-0.25, -0.2) is 4.98 Å². The number of rotatable bonds is 5. The Morgan fingerprint density at radius 3 is 2.42 bits per heavy atom. The number of hydrogen-bond acceptors (Lipinski definition) is 5. The summed E-state index contributed by atoms with van der Waals surface area (Å²) in [6.07, 6.45) is 9.87. The summed E-state index contributed by atoms with van der Waals surface area (Å²) in [4.78, 5) is 39.8. The Morgan fingerprint density at radius 1 is 1.00 bits per heavy atom. The summed E-state index contributed by atoms with van der Waals surface area (Å²) in [5, 5.41) is 2.86. The molecule has 1 aliphatic rings. The number of carbonyl (C=O) groups excluding carboxylic acids is 2. The minimum Gasteiger partial charge on any atom is -0.359 e. The van der Waals surface area contributed by atoms with Gasteiger partial charge < -0.3 is 10.2 Å². The lowest BCUT2D eigenvalue weighted by Crippen LogP contribution is -2.50. The summed E-state index contributed by atoms with van der Waals surface area (Å²) < 4.78 is 0. The number of benzene rings is 1. The van der Waals surface area contributed by atoms with Gasteiger partial charge in [0.15, 0.2) is 0 Å². The standard InChI is InChI=1S/C24H25N5O2/c1-25-23(31)24(8-14-29(15-9-24)22(30)21-17-27-12-13-28-21)16-19-4-2-3-5-20(19)18-6-10-26-11-7-18/h2-7,10-13,17H,8-9,14-16H2,1H3,(H,25,31). The van der Waals surface area contributed by atoms with E-state index in [1.165, 1.54) is 12.4 Å². The van der Waals surface area contributed by atoms with Crippen LogP contribution in [-0.2, 0) is 11.2 Å². The molecule has 1 saturated heterocycles. The molecular weight excluding hydrogens is 390 g/mol. The second kappa shape index (κ2) is 9.04. The fourth-order valence-corrected chi connectivity index (χ4v) is 4.31. The summed E-state index contributed by atoms with van der Waals surface area (Å²) in [6.45, 7) is 1.00. The minimum absolute atomic E-state index is 0.0173. The molecule has 3 heterocycles. The van der Waals surface area contributed by atoms with Crippen LogP contribution in [0.5, 0.6) is 0 Å². The molecule has 0 radical (unpaired) electrons. The lowest BCUT2D eigenvalue weighted by atomic mass is 9.72. The molecule has 1 aromatic carbocycles. The Bertz CT molecular complexity index is 1050. The number of nitrogens with one attached hydrogen (secondary N) is 1. The third-order valence-electron chi connectivity index (χ3n) is 6.04. The summed E-state index contributed by atoms with van der Waals surface area (Å²) in [5.41, 5.74) is 3.06. The number of amides is 2. The highest BCUT2D eigenvalue weighted by Gasteiger charge is 2.42. The molecule has 7 nitrogen and oxygen atoms in total. The van der Waals surface area contributed by atoms with Gasteiger partial charge in [0, 0.05) is 44.9 Å². The average molecular weight is 415 g/mol. The first-order valence-corrected chi connectivity index (χ1v) is 10.4. The Kier molecular flexibility index (Phi) is 6.02. The maximum absolute atomic E-state index is 13.0. The van der Waals surface area contributed by atoms with Crippen molar-refractivity contribution in [2.75, 3.05) is 20.1 Å². The number of carbonyl (C=O) groups is 2. The summed E-state index contributed by atoms with van der Waals surface area (Å²) >= 11 is 0. The van der Waals surface area contributed by atoms with Gasteiger partial charge in [-0.1, -0.05) is 24.3 Å². The maximum Gasteiger partial charge on any atom is 0.274 e. The van der Waals surface area contributed by atoms with E-state index in [-0.39, 0.29) is 11.8 Å². The monoisotopic (exact) mass is 415 g/mol.